The highest BCUT2D eigenvalue weighted by molar-refractivity contribution is 5.16. The molecule has 2 fully saturated rings. The van der Waals surface area contributed by atoms with Crippen molar-refractivity contribution in [3.05, 3.63) is 30.6 Å². The quantitative estimate of drug-likeness (QED) is 0.500. The minimum Gasteiger partial charge on any atom is -0.170 e. The molecule has 0 N–H and O–H groups in total. The summed E-state index contributed by atoms with van der Waals surface area (Å²) in [4.78, 5) is 0. The van der Waals surface area contributed by atoms with Crippen LogP contribution in [0, 0.1) is 0 Å². The van der Waals surface area contributed by atoms with E-state index in [4.69, 9.17) is 0 Å². The maximum Gasteiger partial charge on any atom is 0.199 e. The summed E-state index contributed by atoms with van der Waals surface area (Å²) in [5.74, 6) is 0. The smallest absolute Gasteiger partial charge is 0.170 e. The van der Waals surface area contributed by atoms with Gasteiger partial charge in [0.2, 0.25) is 0 Å². The lowest BCUT2D eigenvalue weighted by Crippen LogP contribution is -2.46. The molecule has 0 spiro atoms. The number of rotatable bonds is 1. The van der Waals surface area contributed by atoms with Gasteiger partial charge in [0.15, 0.2) is 12.4 Å². The first kappa shape index (κ1) is 9.20. The van der Waals surface area contributed by atoms with Crippen LogP contribution in [-0.4, -0.2) is 12.1 Å². The van der Waals surface area contributed by atoms with Crippen molar-refractivity contribution in [3.63, 3.8) is 0 Å². The van der Waals surface area contributed by atoms with E-state index in [2.05, 4.69) is 40.3 Å². The van der Waals surface area contributed by atoms with Crippen LogP contribution in [-0.2, 0) is 0 Å². The second-order valence-electron chi connectivity index (χ2n) is 4.76. The highest BCUT2D eigenvalue weighted by Gasteiger charge is 2.53. The average molecular weight is 203 g/mol. The molecule has 1 saturated carbocycles. The largest absolute Gasteiger partial charge is 0.199 e. The Hall–Kier alpha value is -1.05. The van der Waals surface area contributed by atoms with Crippen LogP contribution >= 0.6 is 0 Å². The monoisotopic (exact) mass is 203 g/mol. The first-order chi connectivity index (χ1) is 7.47. The van der Waals surface area contributed by atoms with Crippen molar-refractivity contribution in [1.29, 1.82) is 0 Å². The van der Waals surface area contributed by atoms with E-state index >= 15 is 0 Å². The summed E-state index contributed by atoms with van der Waals surface area (Å²) in [6.45, 7) is 0. The lowest BCUT2D eigenvalue weighted by molar-refractivity contribution is -0.679. The highest BCUT2D eigenvalue weighted by Crippen LogP contribution is 2.33. The molecule has 0 bridgehead atoms. The summed E-state index contributed by atoms with van der Waals surface area (Å²) in [7, 11) is 0. The van der Waals surface area contributed by atoms with Gasteiger partial charge in [0.1, 0.15) is 12.1 Å². The number of fused-ring (bicyclic) bond motifs is 1. The first-order valence-corrected chi connectivity index (χ1v) is 6.22. The lowest BCUT2D eigenvalue weighted by atomic mass is 10.0. The van der Waals surface area contributed by atoms with E-state index in [9.17, 15) is 0 Å². The predicted octanol–water partition coefficient (Wildman–Crippen LogP) is 2.02. The molecule has 2 heterocycles. The van der Waals surface area contributed by atoms with Gasteiger partial charge in [0.25, 0.3) is 0 Å². The van der Waals surface area contributed by atoms with Crippen molar-refractivity contribution in [3.8, 4) is 0 Å². The Balaban J connectivity index is 1.74. The molecule has 2 unspecified atom stereocenters. The van der Waals surface area contributed by atoms with Crippen molar-refractivity contribution >= 4 is 0 Å². The summed E-state index contributed by atoms with van der Waals surface area (Å²) in [6, 6.07) is 7.98. The summed E-state index contributed by atoms with van der Waals surface area (Å²) in [5, 5.41) is 2.55. The van der Waals surface area contributed by atoms with Gasteiger partial charge in [0.05, 0.1) is 0 Å². The van der Waals surface area contributed by atoms with Gasteiger partial charge in [-0.2, -0.15) is 5.01 Å². The molecule has 2 nitrogen and oxygen atoms in total. The van der Waals surface area contributed by atoms with Crippen LogP contribution in [0.25, 0.3) is 0 Å². The van der Waals surface area contributed by atoms with E-state index in [0.29, 0.717) is 0 Å². The number of hydrogen-bond donors (Lipinski definition) is 0. The highest BCUT2D eigenvalue weighted by atomic mass is 15.7. The summed E-state index contributed by atoms with van der Waals surface area (Å²) >= 11 is 0. The van der Waals surface area contributed by atoms with Crippen LogP contribution in [0.2, 0.25) is 0 Å². The Morgan fingerprint density at radius 1 is 0.800 bits per heavy atom. The first-order valence-electron chi connectivity index (χ1n) is 6.22. The molecule has 2 heteroatoms. The molecule has 1 aliphatic carbocycles. The van der Waals surface area contributed by atoms with Crippen LogP contribution in [0.15, 0.2) is 30.6 Å². The van der Waals surface area contributed by atoms with Gasteiger partial charge < -0.3 is 0 Å². The van der Waals surface area contributed by atoms with Gasteiger partial charge >= 0.3 is 0 Å². The summed E-state index contributed by atoms with van der Waals surface area (Å²) in [5.41, 5.74) is 0. The van der Waals surface area contributed by atoms with Crippen LogP contribution in [0.1, 0.15) is 38.5 Å². The van der Waals surface area contributed by atoms with Gasteiger partial charge in [-0.25, -0.2) is 0 Å². The normalized spacial score (nSPS) is 30.3. The topological polar surface area (TPSA) is 6.89 Å². The van der Waals surface area contributed by atoms with E-state index in [0.717, 1.165) is 12.1 Å². The van der Waals surface area contributed by atoms with Gasteiger partial charge in [-0.15, -0.1) is 0 Å². The van der Waals surface area contributed by atoms with Gasteiger partial charge in [0, 0.05) is 12.1 Å². The molecule has 0 aromatic carbocycles. The van der Waals surface area contributed by atoms with Crippen molar-refractivity contribution in [2.75, 3.05) is 5.01 Å². The molecule has 15 heavy (non-hydrogen) atoms. The van der Waals surface area contributed by atoms with Crippen molar-refractivity contribution in [2.45, 2.75) is 50.6 Å². The minimum atomic E-state index is 0.831. The van der Waals surface area contributed by atoms with Gasteiger partial charge in [-0.1, -0.05) is 36.4 Å². The van der Waals surface area contributed by atoms with E-state index in [1.807, 2.05) is 0 Å². The SMILES string of the molecule is c1cc[n+](N2C3CCCCCCC32)cc1. The second-order valence-corrected chi connectivity index (χ2v) is 4.76. The molecular formula is C13H19N2+. The minimum absolute atomic E-state index is 0.831. The third kappa shape index (κ3) is 1.73. The van der Waals surface area contributed by atoms with Crippen molar-refractivity contribution in [1.82, 2.24) is 0 Å². The Kier molecular flexibility index (Phi) is 2.35. The molecule has 1 aromatic rings. The maximum atomic E-state index is 2.55. The molecule has 1 saturated heterocycles. The Morgan fingerprint density at radius 2 is 1.40 bits per heavy atom. The van der Waals surface area contributed by atoms with E-state index < -0.39 is 0 Å². The Bertz CT molecular complexity index is 309. The fourth-order valence-electron chi connectivity index (χ4n) is 2.92. The standard InChI is InChI=1S/C13H19N2/c1-2-5-9-13-12(8-4-1)15(13)14-10-6-3-7-11-14/h3,6-7,10-13H,1-2,4-5,8-9H2/q+1. The Labute approximate surface area is 91.5 Å². The molecule has 3 rings (SSSR count). The third-order valence-corrected chi connectivity index (χ3v) is 3.75. The fourth-order valence-corrected chi connectivity index (χ4v) is 2.92. The number of aromatic nitrogens is 1. The fraction of sp³-hybridized carbons (Fsp3) is 0.615. The van der Waals surface area contributed by atoms with Crippen LogP contribution in [0.5, 0.6) is 0 Å². The zero-order chi connectivity index (χ0) is 10.1. The van der Waals surface area contributed by atoms with Gasteiger partial charge in [-0.05, 0) is 12.8 Å². The number of nitrogens with zero attached hydrogens (tertiary/aromatic N) is 2. The molecular weight excluding hydrogens is 184 g/mol. The van der Waals surface area contributed by atoms with Crippen molar-refractivity contribution in [2.24, 2.45) is 0 Å². The molecule has 0 radical (unpaired) electrons. The maximum absolute atomic E-state index is 2.55. The van der Waals surface area contributed by atoms with Gasteiger partial charge in [-0.3, -0.25) is 0 Å². The second kappa shape index (κ2) is 3.84. The number of hydrogen-bond acceptors (Lipinski definition) is 1. The zero-order valence-electron chi connectivity index (χ0n) is 9.18. The van der Waals surface area contributed by atoms with Crippen LogP contribution in [0.3, 0.4) is 0 Å². The average Bonchev–Trinajstić information content (AvgIpc) is 2.91. The molecule has 1 aromatic heterocycles. The van der Waals surface area contributed by atoms with Crippen LogP contribution in [0.4, 0.5) is 0 Å². The molecule has 80 valence electrons. The third-order valence-electron chi connectivity index (χ3n) is 3.75. The molecule has 0 amide bonds. The van der Waals surface area contributed by atoms with E-state index in [1.165, 1.54) is 38.5 Å². The predicted molar refractivity (Wildman–Crippen MR) is 60.1 cm³/mol. The molecule has 2 aliphatic rings. The lowest BCUT2D eigenvalue weighted by Gasteiger charge is -2.01. The van der Waals surface area contributed by atoms with E-state index in [-0.39, 0.29) is 0 Å². The molecule has 2 atom stereocenters. The molecule has 1 aliphatic heterocycles. The van der Waals surface area contributed by atoms with Crippen molar-refractivity contribution < 1.29 is 4.68 Å². The Morgan fingerprint density at radius 3 is 2.00 bits per heavy atom. The zero-order valence-corrected chi connectivity index (χ0v) is 9.18. The summed E-state index contributed by atoms with van der Waals surface area (Å²) < 4.78 is 2.28. The van der Waals surface area contributed by atoms with Crippen LogP contribution < -0.4 is 9.69 Å². The van der Waals surface area contributed by atoms with E-state index in [1.54, 1.807) is 0 Å². The number of pyridine rings is 1. The summed E-state index contributed by atoms with van der Waals surface area (Å²) in [6.07, 6.45) is 12.9.